The normalized spacial score (nSPS) is 19.3. The number of aromatic nitrogens is 2. The van der Waals surface area contributed by atoms with Gasteiger partial charge in [0.2, 0.25) is 0 Å². The molecule has 1 aromatic rings. The molecule has 2 heterocycles. The van der Waals surface area contributed by atoms with Crippen LogP contribution in [0.25, 0.3) is 0 Å². The maximum Gasteiger partial charge on any atom is 0.326 e. The molecule has 2 rings (SSSR count). The fourth-order valence-electron chi connectivity index (χ4n) is 2.09. The molecule has 1 aliphatic rings. The fraction of sp³-hybridized carbons (Fsp3) is 0.455. The van der Waals surface area contributed by atoms with Gasteiger partial charge in [-0.3, -0.25) is 4.79 Å². The number of rotatable bonds is 2. The van der Waals surface area contributed by atoms with Gasteiger partial charge in [-0.2, -0.15) is 0 Å². The molecule has 0 aromatic carbocycles. The van der Waals surface area contributed by atoms with Crippen molar-refractivity contribution in [3.8, 4) is 0 Å². The first-order valence-corrected chi connectivity index (χ1v) is 6.49. The lowest BCUT2D eigenvalue weighted by atomic mass is 10.0. The van der Waals surface area contributed by atoms with Gasteiger partial charge in [0.25, 0.3) is 5.91 Å². The van der Waals surface area contributed by atoms with Crippen molar-refractivity contribution in [2.24, 2.45) is 0 Å². The maximum atomic E-state index is 12.3. The molecule has 1 fully saturated rings. The van der Waals surface area contributed by atoms with E-state index in [0.29, 0.717) is 13.0 Å². The predicted octanol–water partition coefficient (Wildman–Crippen LogP) is 1.86. The lowest BCUT2D eigenvalue weighted by Gasteiger charge is -2.33. The van der Waals surface area contributed by atoms with E-state index in [4.69, 9.17) is 28.3 Å². The largest absolute Gasteiger partial charge is 0.480 e. The van der Waals surface area contributed by atoms with Gasteiger partial charge in [-0.15, -0.1) is 10.2 Å². The standard InChI is InChI=1S/C11H11Cl2N3O3/c12-8-5-6(9(13)15-14-8)10(17)16-4-2-1-3-7(16)11(18)19/h5,7H,1-4H2,(H,18,19)/t7-/m1/s1. The van der Waals surface area contributed by atoms with Crippen LogP contribution < -0.4 is 0 Å². The van der Waals surface area contributed by atoms with Crippen LogP contribution in [0.1, 0.15) is 29.6 Å². The molecule has 102 valence electrons. The zero-order valence-electron chi connectivity index (χ0n) is 9.84. The van der Waals surface area contributed by atoms with E-state index in [0.717, 1.165) is 12.8 Å². The quantitative estimate of drug-likeness (QED) is 0.901. The molecule has 0 bridgehead atoms. The van der Waals surface area contributed by atoms with E-state index in [-0.39, 0.29) is 15.9 Å². The second kappa shape index (κ2) is 5.71. The number of piperidine rings is 1. The topological polar surface area (TPSA) is 83.4 Å². The van der Waals surface area contributed by atoms with E-state index >= 15 is 0 Å². The van der Waals surface area contributed by atoms with Crippen LogP contribution in [0.4, 0.5) is 0 Å². The molecule has 0 radical (unpaired) electrons. The van der Waals surface area contributed by atoms with E-state index in [2.05, 4.69) is 10.2 Å². The van der Waals surface area contributed by atoms with Crippen molar-refractivity contribution >= 4 is 35.1 Å². The Hall–Kier alpha value is -1.40. The third-order valence-electron chi connectivity index (χ3n) is 3.00. The molecule has 0 saturated carbocycles. The van der Waals surface area contributed by atoms with Crippen molar-refractivity contribution < 1.29 is 14.7 Å². The number of hydrogen-bond donors (Lipinski definition) is 1. The van der Waals surface area contributed by atoms with E-state index in [1.165, 1.54) is 11.0 Å². The van der Waals surface area contributed by atoms with Crippen molar-refractivity contribution in [3.05, 3.63) is 21.9 Å². The van der Waals surface area contributed by atoms with Crippen LogP contribution >= 0.6 is 23.2 Å². The number of amides is 1. The fourth-order valence-corrected chi connectivity index (χ4v) is 2.41. The summed E-state index contributed by atoms with van der Waals surface area (Å²) < 4.78 is 0. The average Bonchev–Trinajstić information content (AvgIpc) is 2.40. The first kappa shape index (κ1) is 14.0. The number of hydrogen-bond acceptors (Lipinski definition) is 4. The molecule has 0 aliphatic carbocycles. The van der Waals surface area contributed by atoms with Crippen molar-refractivity contribution in [2.45, 2.75) is 25.3 Å². The van der Waals surface area contributed by atoms with Gasteiger partial charge in [-0.05, 0) is 25.3 Å². The molecule has 1 atom stereocenters. The molecular formula is C11H11Cl2N3O3. The predicted molar refractivity (Wildman–Crippen MR) is 68.4 cm³/mol. The molecule has 1 saturated heterocycles. The minimum atomic E-state index is -1.02. The van der Waals surface area contributed by atoms with E-state index < -0.39 is 17.9 Å². The molecule has 0 unspecified atom stereocenters. The monoisotopic (exact) mass is 303 g/mol. The van der Waals surface area contributed by atoms with E-state index in [9.17, 15) is 9.59 Å². The third-order valence-corrected chi connectivity index (χ3v) is 3.46. The Bertz CT molecular complexity index is 524. The number of carbonyl (C=O) groups is 2. The Kier molecular flexibility index (Phi) is 4.21. The first-order valence-electron chi connectivity index (χ1n) is 5.73. The Morgan fingerprint density at radius 3 is 2.74 bits per heavy atom. The van der Waals surface area contributed by atoms with Crippen LogP contribution in [0.5, 0.6) is 0 Å². The molecule has 6 nitrogen and oxygen atoms in total. The molecule has 1 aliphatic heterocycles. The Labute approximate surface area is 119 Å². The summed E-state index contributed by atoms with van der Waals surface area (Å²) in [5, 5.41) is 16.2. The molecular weight excluding hydrogens is 293 g/mol. The summed E-state index contributed by atoms with van der Waals surface area (Å²) in [5.74, 6) is -1.49. The summed E-state index contributed by atoms with van der Waals surface area (Å²) in [6.45, 7) is 0.381. The zero-order chi connectivity index (χ0) is 14.0. The van der Waals surface area contributed by atoms with Gasteiger partial charge in [-0.25, -0.2) is 4.79 Å². The van der Waals surface area contributed by atoms with Crippen molar-refractivity contribution in [1.29, 1.82) is 0 Å². The van der Waals surface area contributed by atoms with E-state index in [1.807, 2.05) is 0 Å². The minimum Gasteiger partial charge on any atom is -0.480 e. The molecule has 1 aromatic heterocycles. The highest BCUT2D eigenvalue weighted by molar-refractivity contribution is 6.34. The van der Waals surface area contributed by atoms with Crippen LogP contribution in [-0.4, -0.2) is 44.7 Å². The van der Waals surface area contributed by atoms with Crippen LogP contribution in [0.2, 0.25) is 10.3 Å². The summed E-state index contributed by atoms with van der Waals surface area (Å²) >= 11 is 11.5. The summed E-state index contributed by atoms with van der Waals surface area (Å²) in [6, 6.07) is 0.469. The molecule has 0 spiro atoms. The number of likely N-dealkylation sites (tertiary alicyclic amines) is 1. The summed E-state index contributed by atoms with van der Waals surface area (Å²) in [6.07, 6.45) is 1.98. The number of halogens is 2. The number of aliphatic carboxylic acids is 1. The number of carbonyl (C=O) groups excluding carboxylic acids is 1. The van der Waals surface area contributed by atoms with Gasteiger partial charge in [0.1, 0.15) is 6.04 Å². The lowest BCUT2D eigenvalue weighted by molar-refractivity contribution is -0.143. The van der Waals surface area contributed by atoms with Crippen LogP contribution in [0.3, 0.4) is 0 Å². The summed E-state index contributed by atoms with van der Waals surface area (Å²) in [5.41, 5.74) is 0.0785. The van der Waals surface area contributed by atoms with Gasteiger partial charge in [0.05, 0.1) is 5.56 Å². The molecule has 1 N–H and O–H groups in total. The lowest BCUT2D eigenvalue weighted by Crippen LogP contribution is -2.48. The Morgan fingerprint density at radius 2 is 2.05 bits per heavy atom. The van der Waals surface area contributed by atoms with Crippen LogP contribution in [0.15, 0.2) is 6.07 Å². The number of carboxylic acids is 1. The second-order valence-corrected chi connectivity index (χ2v) is 4.97. The van der Waals surface area contributed by atoms with Crippen molar-refractivity contribution in [3.63, 3.8) is 0 Å². The highest BCUT2D eigenvalue weighted by Gasteiger charge is 2.33. The summed E-state index contributed by atoms with van der Waals surface area (Å²) in [7, 11) is 0. The number of nitrogens with zero attached hydrogens (tertiary/aromatic N) is 3. The second-order valence-electron chi connectivity index (χ2n) is 4.22. The third kappa shape index (κ3) is 2.96. The highest BCUT2D eigenvalue weighted by atomic mass is 35.5. The van der Waals surface area contributed by atoms with Gasteiger partial charge in [0, 0.05) is 6.54 Å². The van der Waals surface area contributed by atoms with Crippen molar-refractivity contribution in [2.75, 3.05) is 6.54 Å². The van der Waals surface area contributed by atoms with Gasteiger partial charge in [-0.1, -0.05) is 23.2 Å². The van der Waals surface area contributed by atoms with E-state index in [1.54, 1.807) is 0 Å². The van der Waals surface area contributed by atoms with Crippen molar-refractivity contribution in [1.82, 2.24) is 15.1 Å². The highest BCUT2D eigenvalue weighted by Crippen LogP contribution is 2.23. The van der Waals surface area contributed by atoms with Gasteiger partial charge in [0.15, 0.2) is 10.3 Å². The number of carboxylic acid groups (broad SMARTS) is 1. The van der Waals surface area contributed by atoms with Crippen LogP contribution in [-0.2, 0) is 4.79 Å². The minimum absolute atomic E-state index is 0.0386. The summed E-state index contributed by atoms with van der Waals surface area (Å²) in [4.78, 5) is 24.8. The average molecular weight is 304 g/mol. The SMILES string of the molecule is O=C(O)[C@H]1CCCCN1C(=O)c1cc(Cl)nnc1Cl. The molecule has 19 heavy (non-hydrogen) atoms. The zero-order valence-corrected chi connectivity index (χ0v) is 11.4. The smallest absolute Gasteiger partial charge is 0.326 e. The Morgan fingerprint density at radius 1 is 1.32 bits per heavy atom. The first-order chi connectivity index (χ1) is 9.00. The van der Waals surface area contributed by atoms with Crippen LogP contribution in [0, 0.1) is 0 Å². The van der Waals surface area contributed by atoms with Gasteiger partial charge < -0.3 is 10.0 Å². The maximum absolute atomic E-state index is 12.3. The molecule has 8 heteroatoms. The molecule has 1 amide bonds. The van der Waals surface area contributed by atoms with Gasteiger partial charge >= 0.3 is 5.97 Å². The Balaban J connectivity index is 2.31.